The van der Waals surface area contributed by atoms with E-state index in [4.69, 9.17) is 19.9 Å². The lowest BCUT2D eigenvalue weighted by atomic mass is 10.1. The zero-order valence-corrected chi connectivity index (χ0v) is 23.7. The van der Waals surface area contributed by atoms with Gasteiger partial charge in [0.15, 0.2) is 5.75 Å². The van der Waals surface area contributed by atoms with Crippen molar-refractivity contribution in [3.63, 3.8) is 0 Å². The molecule has 1 atom stereocenters. The van der Waals surface area contributed by atoms with Crippen LogP contribution in [-0.4, -0.2) is 42.8 Å². The third-order valence-electron chi connectivity index (χ3n) is 7.73. The molecule has 2 heterocycles. The minimum absolute atomic E-state index is 0.0796. The summed E-state index contributed by atoms with van der Waals surface area (Å²) in [5.74, 6) is 2.99. The van der Waals surface area contributed by atoms with Crippen LogP contribution in [0.1, 0.15) is 65.6 Å². The van der Waals surface area contributed by atoms with Gasteiger partial charge in [0.25, 0.3) is 5.91 Å². The Hall–Kier alpha value is -4.00. The van der Waals surface area contributed by atoms with Crippen LogP contribution in [0.2, 0.25) is 0 Å². The Morgan fingerprint density at radius 1 is 0.850 bits per heavy atom. The van der Waals surface area contributed by atoms with Gasteiger partial charge in [0.2, 0.25) is 0 Å². The van der Waals surface area contributed by atoms with Crippen molar-refractivity contribution in [3.05, 3.63) is 70.8 Å². The van der Waals surface area contributed by atoms with Gasteiger partial charge in [0, 0.05) is 24.9 Å². The number of nitrogens with two attached hydrogens (primary N) is 1. The highest BCUT2D eigenvalue weighted by Crippen LogP contribution is 2.34. The number of aryl methyl sites for hydroxylation is 3. The van der Waals surface area contributed by atoms with E-state index in [1.165, 1.54) is 11.1 Å². The van der Waals surface area contributed by atoms with Crippen molar-refractivity contribution in [2.75, 3.05) is 25.5 Å². The monoisotopic (exact) mass is 541 g/mol. The molecule has 1 fully saturated rings. The highest BCUT2D eigenvalue weighted by Gasteiger charge is 2.32. The molecule has 5 rings (SSSR count). The van der Waals surface area contributed by atoms with Gasteiger partial charge >= 0.3 is 0 Å². The number of rotatable bonds is 11. The minimum atomic E-state index is 0.0796. The maximum atomic E-state index is 13.0. The zero-order chi connectivity index (χ0) is 28.1. The third kappa shape index (κ3) is 6.41. The molecule has 2 aliphatic rings. The van der Waals surface area contributed by atoms with Gasteiger partial charge in [0.1, 0.15) is 17.2 Å². The molecule has 0 radical (unpaired) electrons. The molecule has 7 nitrogen and oxygen atoms in total. The molecule has 3 aromatic rings. The molecule has 210 valence electrons. The lowest BCUT2D eigenvalue weighted by Crippen LogP contribution is -2.35. The number of hydrogen-bond acceptors (Lipinski definition) is 6. The van der Waals surface area contributed by atoms with Crippen LogP contribution in [0.15, 0.2) is 53.5 Å². The minimum Gasteiger partial charge on any atom is -0.493 e. The van der Waals surface area contributed by atoms with Crippen LogP contribution in [0.4, 0.5) is 11.4 Å². The number of unbranched alkanes of at least 4 members (excludes halogenated alkanes) is 3. The fourth-order valence-electron chi connectivity index (χ4n) is 5.16. The van der Waals surface area contributed by atoms with E-state index in [0.717, 1.165) is 67.9 Å². The highest BCUT2D eigenvalue weighted by molar-refractivity contribution is 6.03. The van der Waals surface area contributed by atoms with Crippen molar-refractivity contribution < 1.29 is 19.0 Å². The standard InChI is InChI=1S/C33H39N3O4/c1-22-10-11-27(17-23(22)2)40-32-19-26(12-13-29(32)34)38-15-6-4-5-7-16-39-31-20-30-28(18-24(31)3)33(37)36-14-8-9-25(36)21-35-30/h10-13,17-21,25H,4-9,14-16,34H2,1-3H3/t25-/m0/s1. The predicted molar refractivity (Wildman–Crippen MR) is 160 cm³/mol. The highest BCUT2D eigenvalue weighted by atomic mass is 16.5. The molecular weight excluding hydrogens is 502 g/mol. The Morgan fingerprint density at radius 3 is 2.42 bits per heavy atom. The van der Waals surface area contributed by atoms with Crippen molar-refractivity contribution in [2.24, 2.45) is 4.99 Å². The van der Waals surface area contributed by atoms with E-state index in [9.17, 15) is 4.79 Å². The SMILES string of the molecule is Cc1ccc(Oc2cc(OCCCCCCOc3cc4c(cc3C)C(=O)N3CCC[C@H]3C=N4)ccc2N)cc1C. The molecule has 0 bridgehead atoms. The van der Waals surface area contributed by atoms with Gasteiger partial charge in [-0.3, -0.25) is 9.79 Å². The van der Waals surface area contributed by atoms with E-state index in [-0.39, 0.29) is 11.9 Å². The van der Waals surface area contributed by atoms with E-state index in [0.29, 0.717) is 35.9 Å². The van der Waals surface area contributed by atoms with Crippen LogP contribution >= 0.6 is 0 Å². The number of anilines is 1. The van der Waals surface area contributed by atoms with Gasteiger partial charge in [0.05, 0.1) is 36.2 Å². The second-order valence-electron chi connectivity index (χ2n) is 10.8. The van der Waals surface area contributed by atoms with Crippen LogP contribution in [0, 0.1) is 20.8 Å². The van der Waals surface area contributed by atoms with Crippen LogP contribution in [-0.2, 0) is 0 Å². The molecule has 1 amide bonds. The second kappa shape index (κ2) is 12.5. The molecule has 0 unspecified atom stereocenters. The number of ether oxygens (including phenoxy) is 3. The molecule has 2 N–H and O–H groups in total. The van der Waals surface area contributed by atoms with Gasteiger partial charge in [-0.05, 0) is 106 Å². The fraction of sp³-hybridized carbons (Fsp3) is 0.394. The first-order valence-corrected chi connectivity index (χ1v) is 14.3. The number of nitrogen functional groups attached to an aromatic ring is 1. The van der Waals surface area contributed by atoms with Crippen molar-refractivity contribution in [3.8, 4) is 23.0 Å². The molecular formula is C33H39N3O4. The first kappa shape index (κ1) is 27.6. The van der Waals surface area contributed by atoms with Crippen LogP contribution in [0.25, 0.3) is 0 Å². The Morgan fingerprint density at radius 2 is 1.62 bits per heavy atom. The average molecular weight is 542 g/mol. The van der Waals surface area contributed by atoms with Crippen molar-refractivity contribution in [2.45, 2.75) is 65.3 Å². The number of fused-ring (bicyclic) bond motifs is 2. The second-order valence-corrected chi connectivity index (χ2v) is 10.8. The zero-order valence-electron chi connectivity index (χ0n) is 23.7. The van der Waals surface area contributed by atoms with Crippen molar-refractivity contribution >= 4 is 23.5 Å². The van der Waals surface area contributed by atoms with E-state index < -0.39 is 0 Å². The average Bonchev–Trinajstić information content (AvgIpc) is 3.37. The Labute approximate surface area is 237 Å². The van der Waals surface area contributed by atoms with E-state index in [2.05, 4.69) is 18.8 Å². The van der Waals surface area contributed by atoms with E-state index >= 15 is 0 Å². The fourth-order valence-corrected chi connectivity index (χ4v) is 5.16. The summed E-state index contributed by atoms with van der Waals surface area (Å²) in [7, 11) is 0. The van der Waals surface area contributed by atoms with Crippen molar-refractivity contribution in [1.29, 1.82) is 0 Å². The largest absolute Gasteiger partial charge is 0.493 e. The van der Waals surface area contributed by atoms with Gasteiger partial charge < -0.3 is 24.8 Å². The molecule has 7 heteroatoms. The summed E-state index contributed by atoms with van der Waals surface area (Å²) in [5.41, 5.74) is 11.5. The maximum Gasteiger partial charge on any atom is 0.256 e. The molecule has 2 aliphatic heterocycles. The van der Waals surface area contributed by atoms with E-state index in [1.807, 2.05) is 66.6 Å². The third-order valence-corrected chi connectivity index (χ3v) is 7.73. The summed E-state index contributed by atoms with van der Waals surface area (Å²) in [5, 5.41) is 0. The lowest BCUT2D eigenvalue weighted by molar-refractivity contribution is 0.0774. The molecule has 3 aromatic carbocycles. The quantitative estimate of drug-likeness (QED) is 0.203. The first-order chi connectivity index (χ1) is 19.4. The van der Waals surface area contributed by atoms with Gasteiger partial charge in [-0.15, -0.1) is 0 Å². The van der Waals surface area contributed by atoms with E-state index in [1.54, 1.807) is 0 Å². The molecule has 40 heavy (non-hydrogen) atoms. The van der Waals surface area contributed by atoms with Crippen LogP contribution < -0.4 is 19.9 Å². The summed E-state index contributed by atoms with van der Waals surface area (Å²) in [6.45, 7) is 8.19. The maximum absolute atomic E-state index is 13.0. The Bertz CT molecular complexity index is 1400. The summed E-state index contributed by atoms with van der Waals surface area (Å²) < 4.78 is 18.1. The smallest absolute Gasteiger partial charge is 0.256 e. The number of carbonyl (C=O) groups excluding carboxylic acids is 1. The first-order valence-electron chi connectivity index (χ1n) is 14.3. The Kier molecular flexibility index (Phi) is 8.58. The predicted octanol–water partition coefficient (Wildman–Crippen LogP) is 7.33. The summed E-state index contributed by atoms with van der Waals surface area (Å²) in [6.07, 6.45) is 7.93. The number of carbonyl (C=O) groups is 1. The van der Waals surface area contributed by atoms with Gasteiger partial charge in [-0.1, -0.05) is 6.07 Å². The molecule has 0 saturated carbocycles. The lowest BCUT2D eigenvalue weighted by Gasteiger charge is -2.20. The summed E-state index contributed by atoms with van der Waals surface area (Å²) >= 11 is 0. The Balaban J connectivity index is 1.03. The summed E-state index contributed by atoms with van der Waals surface area (Å²) in [4.78, 5) is 19.5. The van der Waals surface area contributed by atoms with Crippen LogP contribution in [0.5, 0.6) is 23.0 Å². The van der Waals surface area contributed by atoms with Crippen LogP contribution in [0.3, 0.4) is 0 Å². The number of aliphatic imine (C=N–C) groups is 1. The van der Waals surface area contributed by atoms with Gasteiger partial charge in [-0.2, -0.15) is 0 Å². The topological polar surface area (TPSA) is 86.4 Å². The molecule has 0 spiro atoms. The number of benzene rings is 3. The number of amides is 1. The summed E-state index contributed by atoms with van der Waals surface area (Å²) in [6, 6.07) is 15.5. The number of nitrogens with zero attached hydrogens (tertiary/aromatic N) is 2. The normalized spacial score (nSPS) is 15.9. The van der Waals surface area contributed by atoms with Crippen molar-refractivity contribution in [1.82, 2.24) is 4.90 Å². The number of hydrogen-bond donors (Lipinski definition) is 1. The van der Waals surface area contributed by atoms with Gasteiger partial charge in [-0.25, -0.2) is 0 Å². The molecule has 1 saturated heterocycles. The molecule has 0 aromatic heterocycles. The molecule has 0 aliphatic carbocycles.